The zero-order valence-electron chi connectivity index (χ0n) is 12.5. The van der Waals surface area contributed by atoms with Gasteiger partial charge in [0.05, 0.1) is 16.9 Å². The molecule has 3 rings (SSSR count). The van der Waals surface area contributed by atoms with Crippen LogP contribution in [0.4, 0.5) is 0 Å². The van der Waals surface area contributed by atoms with E-state index in [1.807, 2.05) is 19.1 Å². The van der Waals surface area contributed by atoms with Crippen molar-refractivity contribution < 1.29 is 19.1 Å². The highest BCUT2D eigenvalue weighted by Crippen LogP contribution is 2.30. The Balaban J connectivity index is 1.92. The number of amides is 1. The summed E-state index contributed by atoms with van der Waals surface area (Å²) in [6, 6.07) is 5.33. The second-order valence-electron chi connectivity index (χ2n) is 5.60. The molecule has 1 aromatic carbocycles. The van der Waals surface area contributed by atoms with Crippen molar-refractivity contribution in [2.24, 2.45) is 0 Å². The van der Waals surface area contributed by atoms with Crippen molar-refractivity contribution >= 4 is 50.5 Å². The van der Waals surface area contributed by atoms with E-state index in [0.717, 1.165) is 21.2 Å². The molecule has 1 N–H and O–H groups in total. The van der Waals surface area contributed by atoms with Gasteiger partial charge < -0.3 is 14.4 Å². The first kappa shape index (κ1) is 16.4. The van der Waals surface area contributed by atoms with Gasteiger partial charge in [-0.15, -0.1) is 0 Å². The van der Waals surface area contributed by atoms with Gasteiger partial charge in [-0.3, -0.25) is 9.59 Å². The molecule has 0 bridgehead atoms. The number of rotatable bonds is 3. The lowest BCUT2D eigenvalue weighted by atomic mass is 10.1. The Bertz CT molecular complexity index is 773. The minimum atomic E-state index is -0.890. The number of furan rings is 1. The Kier molecular flexibility index (Phi) is 4.68. The maximum Gasteiger partial charge on any atom is 0.305 e. The van der Waals surface area contributed by atoms with Crippen LogP contribution in [0.15, 0.2) is 27.1 Å². The predicted molar refractivity (Wildman–Crippen MR) is 93.1 cm³/mol. The van der Waals surface area contributed by atoms with Gasteiger partial charge in [-0.2, -0.15) is 11.8 Å². The molecule has 1 saturated heterocycles. The molecule has 0 spiro atoms. The highest BCUT2D eigenvalue weighted by molar-refractivity contribution is 9.10. The van der Waals surface area contributed by atoms with Gasteiger partial charge in [0, 0.05) is 23.4 Å². The van der Waals surface area contributed by atoms with E-state index < -0.39 is 5.97 Å². The third kappa shape index (κ3) is 3.40. The quantitative estimate of drug-likeness (QED) is 0.857. The number of fused-ring (bicyclic) bond motifs is 1. The van der Waals surface area contributed by atoms with E-state index in [2.05, 4.69) is 15.9 Å². The number of hydrogen-bond acceptors (Lipinski definition) is 4. The number of carbonyl (C=O) groups excluding carboxylic acids is 1. The van der Waals surface area contributed by atoms with Crippen molar-refractivity contribution in [2.45, 2.75) is 19.4 Å². The molecular formula is C16H16BrNO4S. The Morgan fingerprint density at radius 1 is 1.43 bits per heavy atom. The highest BCUT2D eigenvalue weighted by Gasteiger charge is 2.31. The highest BCUT2D eigenvalue weighted by atomic mass is 79.9. The van der Waals surface area contributed by atoms with Crippen LogP contribution in [0, 0.1) is 6.92 Å². The molecule has 0 saturated carbocycles. The van der Waals surface area contributed by atoms with E-state index in [9.17, 15) is 9.59 Å². The van der Waals surface area contributed by atoms with Crippen molar-refractivity contribution in [3.63, 3.8) is 0 Å². The normalized spacial score (nSPS) is 18.3. The molecule has 23 heavy (non-hydrogen) atoms. The summed E-state index contributed by atoms with van der Waals surface area (Å²) >= 11 is 5.13. The second-order valence-corrected chi connectivity index (χ2v) is 7.61. The number of benzene rings is 1. The Labute approximate surface area is 146 Å². The van der Waals surface area contributed by atoms with Crippen molar-refractivity contribution in [2.75, 3.05) is 18.1 Å². The zero-order chi connectivity index (χ0) is 16.6. The molecule has 122 valence electrons. The van der Waals surface area contributed by atoms with E-state index in [4.69, 9.17) is 9.52 Å². The first-order valence-electron chi connectivity index (χ1n) is 7.26. The fourth-order valence-corrected chi connectivity index (χ4v) is 4.52. The molecule has 1 amide bonds. The van der Waals surface area contributed by atoms with Crippen molar-refractivity contribution in [1.29, 1.82) is 0 Å². The number of carboxylic acids is 1. The van der Waals surface area contributed by atoms with E-state index in [1.165, 1.54) is 0 Å². The van der Waals surface area contributed by atoms with Crippen LogP contribution in [0.5, 0.6) is 0 Å². The van der Waals surface area contributed by atoms with Gasteiger partial charge in [-0.25, -0.2) is 0 Å². The Morgan fingerprint density at radius 3 is 2.96 bits per heavy atom. The summed E-state index contributed by atoms with van der Waals surface area (Å²) in [6.45, 7) is 2.52. The third-order valence-corrected chi connectivity index (χ3v) is 5.51. The van der Waals surface area contributed by atoms with Crippen LogP contribution < -0.4 is 0 Å². The lowest BCUT2D eigenvalue weighted by molar-refractivity contribution is -0.138. The number of carbonyl (C=O) groups is 2. The largest absolute Gasteiger partial charge is 0.481 e. The molecule has 1 aliphatic heterocycles. The molecule has 1 unspecified atom stereocenters. The van der Waals surface area contributed by atoms with Crippen molar-refractivity contribution in [1.82, 2.24) is 4.90 Å². The molecular weight excluding hydrogens is 382 g/mol. The first-order valence-corrected chi connectivity index (χ1v) is 9.20. The minimum absolute atomic E-state index is 0.0399. The summed E-state index contributed by atoms with van der Waals surface area (Å²) in [5.74, 6) is 0.579. The lowest BCUT2D eigenvalue weighted by Crippen LogP contribution is -2.47. The van der Waals surface area contributed by atoms with Crippen LogP contribution >= 0.6 is 27.7 Å². The van der Waals surface area contributed by atoms with Gasteiger partial charge in [0.15, 0.2) is 5.76 Å². The zero-order valence-corrected chi connectivity index (χ0v) is 14.9. The molecule has 1 atom stereocenters. The monoisotopic (exact) mass is 397 g/mol. The predicted octanol–water partition coefficient (Wildman–Crippen LogP) is 3.54. The van der Waals surface area contributed by atoms with Crippen molar-refractivity contribution in [3.05, 3.63) is 34.0 Å². The van der Waals surface area contributed by atoms with Gasteiger partial charge in [0.2, 0.25) is 0 Å². The van der Waals surface area contributed by atoms with E-state index >= 15 is 0 Å². The number of aryl methyl sites for hydroxylation is 1. The van der Waals surface area contributed by atoms with Crippen LogP contribution in [-0.2, 0) is 4.79 Å². The summed E-state index contributed by atoms with van der Waals surface area (Å²) in [5.41, 5.74) is 1.71. The first-order chi connectivity index (χ1) is 11.0. The SMILES string of the molecule is Cc1cc(Br)c2oc(C(=O)N3CCSCC3CC(=O)O)cc2c1. The molecule has 1 fully saturated rings. The van der Waals surface area contributed by atoms with Crippen LogP contribution in [0.3, 0.4) is 0 Å². The average molecular weight is 398 g/mol. The van der Waals surface area contributed by atoms with Crippen LogP contribution in [0.25, 0.3) is 11.0 Å². The van der Waals surface area contributed by atoms with Gasteiger partial charge in [0.1, 0.15) is 5.58 Å². The van der Waals surface area contributed by atoms with E-state index in [1.54, 1.807) is 22.7 Å². The summed E-state index contributed by atoms with van der Waals surface area (Å²) in [6.07, 6.45) is -0.0399. The van der Waals surface area contributed by atoms with Gasteiger partial charge in [-0.1, -0.05) is 0 Å². The summed E-state index contributed by atoms with van der Waals surface area (Å²) in [7, 11) is 0. The summed E-state index contributed by atoms with van der Waals surface area (Å²) in [5, 5.41) is 9.90. The molecule has 1 aromatic heterocycles. The molecule has 7 heteroatoms. The summed E-state index contributed by atoms with van der Waals surface area (Å²) < 4.78 is 6.54. The molecule has 0 aliphatic carbocycles. The standard InChI is InChI=1S/C16H16BrNO4S/c1-9-4-10-6-13(22-15(10)12(17)5-9)16(21)18-2-3-23-8-11(18)7-14(19)20/h4-6,11H,2-3,7-8H2,1H3,(H,19,20). The van der Waals surface area contributed by atoms with Gasteiger partial charge in [0.25, 0.3) is 5.91 Å². The molecule has 1 aliphatic rings. The minimum Gasteiger partial charge on any atom is -0.481 e. The van der Waals surface area contributed by atoms with Gasteiger partial charge >= 0.3 is 5.97 Å². The smallest absolute Gasteiger partial charge is 0.305 e. The third-order valence-electron chi connectivity index (χ3n) is 3.82. The number of nitrogens with zero attached hydrogens (tertiary/aromatic N) is 1. The molecule has 5 nitrogen and oxygen atoms in total. The topological polar surface area (TPSA) is 70.8 Å². The van der Waals surface area contributed by atoms with Crippen LogP contribution in [-0.4, -0.2) is 46.0 Å². The van der Waals surface area contributed by atoms with Crippen molar-refractivity contribution in [3.8, 4) is 0 Å². The molecule has 2 heterocycles. The lowest BCUT2D eigenvalue weighted by Gasteiger charge is -2.33. The Morgan fingerprint density at radius 2 is 2.22 bits per heavy atom. The number of aliphatic carboxylic acids is 1. The van der Waals surface area contributed by atoms with Crippen LogP contribution in [0.2, 0.25) is 0 Å². The van der Waals surface area contributed by atoms with E-state index in [-0.39, 0.29) is 24.1 Å². The fourth-order valence-electron chi connectivity index (χ4n) is 2.79. The number of thioether (sulfide) groups is 1. The average Bonchev–Trinajstić information content (AvgIpc) is 2.90. The molecule has 2 aromatic rings. The van der Waals surface area contributed by atoms with Gasteiger partial charge in [-0.05, 0) is 46.6 Å². The molecule has 0 radical (unpaired) electrons. The fraction of sp³-hybridized carbons (Fsp3) is 0.375. The Hall–Kier alpha value is -1.47. The van der Waals surface area contributed by atoms with Crippen LogP contribution in [0.1, 0.15) is 22.5 Å². The number of halogens is 1. The number of hydrogen-bond donors (Lipinski definition) is 1. The van der Waals surface area contributed by atoms with E-state index in [0.29, 0.717) is 17.9 Å². The summed E-state index contributed by atoms with van der Waals surface area (Å²) in [4.78, 5) is 25.4. The maximum atomic E-state index is 12.8. The maximum absolute atomic E-state index is 12.8. The number of carboxylic acid groups (broad SMARTS) is 1. The second kappa shape index (κ2) is 6.57.